The predicted molar refractivity (Wildman–Crippen MR) is 104 cm³/mol. The van der Waals surface area contributed by atoms with Crippen LogP contribution in [0.25, 0.3) is 16.9 Å². The fourth-order valence-electron chi connectivity index (χ4n) is 3.36. The summed E-state index contributed by atoms with van der Waals surface area (Å²) < 4.78 is 3.29. The van der Waals surface area contributed by atoms with Crippen LogP contribution in [-0.2, 0) is 0 Å². The molecule has 3 aliphatic rings. The minimum Gasteiger partial charge on any atom is -0.350 e. The monoisotopic (exact) mass is 365 g/mol. The van der Waals surface area contributed by atoms with Gasteiger partial charge in [-0.15, -0.1) is 0 Å². The van der Waals surface area contributed by atoms with E-state index in [-0.39, 0.29) is 17.5 Å². The number of piperazine rings is 1. The molecule has 7 nitrogen and oxygen atoms in total. The van der Waals surface area contributed by atoms with Crippen molar-refractivity contribution in [2.75, 3.05) is 26.2 Å². The van der Waals surface area contributed by atoms with Crippen molar-refractivity contribution in [3.05, 3.63) is 58.6 Å². The van der Waals surface area contributed by atoms with Crippen LogP contribution in [0.1, 0.15) is 30.2 Å². The molecule has 0 aromatic heterocycles. The van der Waals surface area contributed by atoms with Gasteiger partial charge in [0.1, 0.15) is 5.69 Å². The molecule has 1 fully saturated rings. The van der Waals surface area contributed by atoms with E-state index in [0.29, 0.717) is 35.6 Å². The summed E-state index contributed by atoms with van der Waals surface area (Å²) in [5.41, 5.74) is 1.89. The summed E-state index contributed by atoms with van der Waals surface area (Å²) in [6.07, 6.45) is 3.61. The number of nitrogens with zero attached hydrogens (tertiary/aromatic N) is 4. The zero-order valence-electron chi connectivity index (χ0n) is 15.6. The topological polar surface area (TPSA) is 72.2 Å². The Kier molecular flexibility index (Phi) is 4.53. The van der Waals surface area contributed by atoms with E-state index in [1.807, 2.05) is 59.8 Å². The number of fused-ring (bicyclic) bond motifs is 1. The van der Waals surface area contributed by atoms with Gasteiger partial charge < -0.3 is 14.8 Å². The lowest BCUT2D eigenvalue weighted by Crippen LogP contribution is -2.46. The van der Waals surface area contributed by atoms with Crippen molar-refractivity contribution in [2.24, 2.45) is 0 Å². The van der Waals surface area contributed by atoms with Crippen LogP contribution in [0, 0.1) is 0 Å². The molecule has 0 bridgehead atoms. The van der Waals surface area contributed by atoms with E-state index in [9.17, 15) is 9.59 Å². The molecular formula is C20H23N5O2. The quantitative estimate of drug-likeness (QED) is 0.768. The highest BCUT2D eigenvalue weighted by molar-refractivity contribution is 6.00. The van der Waals surface area contributed by atoms with Gasteiger partial charge in [-0.2, -0.15) is 9.78 Å². The minimum absolute atomic E-state index is 0.0748. The summed E-state index contributed by atoms with van der Waals surface area (Å²) in [6.45, 7) is 6.91. The Morgan fingerprint density at radius 2 is 1.81 bits per heavy atom. The zero-order valence-corrected chi connectivity index (χ0v) is 15.6. The molecule has 1 N–H and O–H groups in total. The van der Waals surface area contributed by atoms with E-state index in [1.54, 1.807) is 6.20 Å². The summed E-state index contributed by atoms with van der Waals surface area (Å²) in [7, 11) is 0. The third-order valence-electron chi connectivity index (χ3n) is 4.92. The number of pyridine rings is 1. The molecule has 1 amide bonds. The Balaban J connectivity index is 1.89. The lowest BCUT2D eigenvalue weighted by atomic mass is 10.1. The molecule has 3 aliphatic heterocycles. The normalized spacial score (nSPS) is 14.9. The maximum absolute atomic E-state index is 13.2. The molecule has 0 spiro atoms. The van der Waals surface area contributed by atoms with Gasteiger partial charge in [-0.3, -0.25) is 9.59 Å². The molecule has 3 heterocycles. The molecule has 1 aromatic rings. The number of para-hydroxylation sites is 1. The van der Waals surface area contributed by atoms with E-state index >= 15 is 0 Å². The third kappa shape index (κ3) is 3.14. The maximum atomic E-state index is 13.2. The zero-order chi connectivity index (χ0) is 19.0. The highest BCUT2D eigenvalue weighted by Crippen LogP contribution is 2.25. The molecule has 7 heteroatoms. The molecule has 1 saturated heterocycles. The summed E-state index contributed by atoms with van der Waals surface area (Å²) in [5.74, 6) is -0.0748. The summed E-state index contributed by atoms with van der Waals surface area (Å²) in [5, 5.41) is 7.78. The van der Waals surface area contributed by atoms with Gasteiger partial charge in [0, 0.05) is 44.6 Å². The van der Waals surface area contributed by atoms with Gasteiger partial charge in [0.05, 0.1) is 16.8 Å². The second-order valence-electron chi connectivity index (χ2n) is 7.07. The van der Waals surface area contributed by atoms with Crippen molar-refractivity contribution in [3.63, 3.8) is 0 Å². The average molecular weight is 365 g/mol. The van der Waals surface area contributed by atoms with Gasteiger partial charge in [-0.1, -0.05) is 18.2 Å². The number of benzene rings is 1. The largest absolute Gasteiger partial charge is 0.350 e. The predicted octanol–water partition coefficient (Wildman–Crippen LogP) is 1.77. The van der Waals surface area contributed by atoms with Gasteiger partial charge in [0.15, 0.2) is 0 Å². The Morgan fingerprint density at radius 3 is 2.48 bits per heavy atom. The van der Waals surface area contributed by atoms with Crippen LogP contribution in [0.15, 0.2) is 47.5 Å². The fourth-order valence-corrected chi connectivity index (χ4v) is 3.36. The summed E-state index contributed by atoms with van der Waals surface area (Å²) in [6, 6.07) is 9.42. The van der Waals surface area contributed by atoms with E-state index in [4.69, 9.17) is 0 Å². The first-order chi connectivity index (χ1) is 13.1. The van der Waals surface area contributed by atoms with Crippen molar-refractivity contribution < 1.29 is 4.79 Å². The molecule has 0 unspecified atom stereocenters. The summed E-state index contributed by atoms with van der Waals surface area (Å²) in [4.78, 5) is 28.0. The fraction of sp³-hybridized carbons (Fsp3) is 0.350. The maximum Gasteiger partial charge on any atom is 0.282 e. The van der Waals surface area contributed by atoms with E-state index in [0.717, 1.165) is 13.1 Å². The molecule has 27 heavy (non-hydrogen) atoms. The third-order valence-corrected chi connectivity index (χ3v) is 4.92. The van der Waals surface area contributed by atoms with E-state index in [1.165, 1.54) is 4.68 Å². The van der Waals surface area contributed by atoms with Crippen LogP contribution >= 0.6 is 0 Å². The summed E-state index contributed by atoms with van der Waals surface area (Å²) >= 11 is 0. The smallest absolute Gasteiger partial charge is 0.282 e. The van der Waals surface area contributed by atoms with Crippen molar-refractivity contribution in [2.45, 2.75) is 19.9 Å². The van der Waals surface area contributed by atoms with Gasteiger partial charge in [-0.05, 0) is 26.0 Å². The number of carbonyl (C=O) groups is 1. The Bertz CT molecular complexity index is 983. The number of hydrogen-bond donors (Lipinski definition) is 1. The van der Waals surface area contributed by atoms with E-state index < -0.39 is 0 Å². The first-order valence-corrected chi connectivity index (χ1v) is 9.26. The van der Waals surface area contributed by atoms with Crippen molar-refractivity contribution >= 4 is 5.91 Å². The first kappa shape index (κ1) is 17.5. The van der Waals surface area contributed by atoms with Crippen LogP contribution in [-0.4, -0.2) is 51.3 Å². The molecule has 0 saturated carbocycles. The number of hydrogen-bond acceptors (Lipinski definition) is 4. The highest BCUT2D eigenvalue weighted by atomic mass is 16.2. The van der Waals surface area contributed by atoms with Crippen molar-refractivity contribution in [3.8, 4) is 16.9 Å². The Labute approximate surface area is 157 Å². The van der Waals surface area contributed by atoms with Crippen LogP contribution in [0.5, 0.6) is 0 Å². The standard InChI is InChI=1S/C20H23N5O2/c1-14(2)24-12-16(19(26)23-10-8-21-9-11-23)18-17(13-24)20(27)25(22-18)15-6-4-3-5-7-15/h3-7,12-14,21H,8-11H2,1-2H3. The number of carbonyl (C=O) groups excluding carboxylic acids is 1. The number of amides is 1. The van der Waals surface area contributed by atoms with Crippen molar-refractivity contribution in [1.82, 2.24) is 24.6 Å². The van der Waals surface area contributed by atoms with Gasteiger partial charge >= 0.3 is 0 Å². The molecule has 4 rings (SSSR count). The average Bonchev–Trinajstić information content (AvgIpc) is 3.05. The van der Waals surface area contributed by atoms with Gasteiger partial charge in [-0.25, -0.2) is 0 Å². The number of nitrogens with one attached hydrogen (secondary N) is 1. The van der Waals surface area contributed by atoms with Gasteiger partial charge in [0.2, 0.25) is 0 Å². The molecular weight excluding hydrogens is 342 g/mol. The van der Waals surface area contributed by atoms with Crippen LogP contribution in [0.3, 0.4) is 0 Å². The number of aromatic nitrogens is 3. The molecule has 0 radical (unpaired) electrons. The van der Waals surface area contributed by atoms with Crippen molar-refractivity contribution in [1.29, 1.82) is 0 Å². The Morgan fingerprint density at radius 1 is 1.11 bits per heavy atom. The Hall–Kier alpha value is -2.93. The lowest BCUT2D eigenvalue weighted by Gasteiger charge is -2.28. The molecule has 0 atom stereocenters. The van der Waals surface area contributed by atoms with Gasteiger partial charge in [0.25, 0.3) is 11.5 Å². The molecule has 140 valence electrons. The second kappa shape index (κ2) is 7.00. The van der Waals surface area contributed by atoms with Crippen LogP contribution in [0.2, 0.25) is 0 Å². The minimum atomic E-state index is -0.208. The number of rotatable bonds is 3. The van der Waals surface area contributed by atoms with Crippen LogP contribution in [0.4, 0.5) is 0 Å². The SMILES string of the molecule is CC(C)n1cc(C(=O)N2CCNCC2)c2nn(-c3ccccc3)c(=O)c-2c1. The van der Waals surface area contributed by atoms with Crippen LogP contribution < -0.4 is 10.9 Å². The lowest BCUT2D eigenvalue weighted by molar-refractivity contribution is 0.0735. The second-order valence-corrected chi connectivity index (χ2v) is 7.07. The molecule has 0 aliphatic carbocycles. The molecule has 1 aromatic carbocycles. The highest BCUT2D eigenvalue weighted by Gasteiger charge is 2.28. The first-order valence-electron chi connectivity index (χ1n) is 9.26. The van der Waals surface area contributed by atoms with E-state index in [2.05, 4.69) is 10.4 Å².